The van der Waals surface area contributed by atoms with E-state index in [0.717, 1.165) is 50.1 Å². The second kappa shape index (κ2) is 10.4. The van der Waals surface area contributed by atoms with Gasteiger partial charge in [0, 0.05) is 37.1 Å². The molecule has 1 aliphatic rings. The first-order valence-corrected chi connectivity index (χ1v) is 11.0. The largest absolute Gasteiger partial charge is 0.444 e. The van der Waals surface area contributed by atoms with Crippen molar-refractivity contribution < 1.29 is 9.15 Å². The lowest BCUT2D eigenvalue weighted by Crippen LogP contribution is -2.46. The molecule has 2 aromatic heterocycles. The van der Waals surface area contributed by atoms with Crippen molar-refractivity contribution in [3.8, 4) is 11.5 Å². The van der Waals surface area contributed by atoms with Crippen LogP contribution in [0.15, 0.2) is 63.5 Å². The molecule has 0 aliphatic carbocycles. The van der Waals surface area contributed by atoms with E-state index >= 15 is 0 Å². The van der Waals surface area contributed by atoms with Crippen molar-refractivity contribution in [2.45, 2.75) is 12.6 Å². The highest BCUT2D eigenvalue weighted by molar-refractivity contribution is 7.10. The Morgan fingerprint density at radius 3 is 2.73 bits per heavy atom. The van der Waals surface area contributed by atoms with Crippen LogP contribution in [0, 0.1) is 0 Å². The first-order chi connectivity index (χ1) is 14.8. The van der Waals surface area contributed by atoms with Crippen LogP contribution in [0.3, 0.4) is 0 Å². The zero-order valence-electron chi connectivity index (χ0n) is 17.1. The molecule has 8 heteroatoms. The summed E-state index contributed by atoms with van der Waals surface area (Å²) in [5, 5.41) is 8.93. The summed E-state index contributed by atoms with van der Waals surface area (Å²) in [4.78, 5) is 12.7. The van der Waals surface area contributed by atoms with Crippen LogP contribution in [0.25, 0.3) is 11.5 Å². The summed E-state index contributed by atoms with van der Waals surface area (Å²) in [6.45, 7) is 4.76. The van der Waals surface area contributed by atoms with Crippen molar-refractivity contribution in [1.82, 2.24) is 20.5 Å². The Morgan fingerprint density at radius 2 is 2.00 bits per heavy atom. The van der Waals surface area contributed by atoms with Crippen molar-refractivity contribution >= 4 is 17.3 Å². The minimum atomic E-state index is 0.296. The van der Waals surface area contributed by atoms with E-state index in [1.807, 2.05) is 30.3 Å². The molecule has 1 unspecified atom stereocenters. The number of aromatic nitrogens is 1. The van der Waals surface area contributed by atoms with E-state index in [4.69, 9.17) is 9.15 Å². The molecule has 1 aliphatic heterocycles. The molecule has 1 saturated heterocycles. The number of hydrogen-bond acceptors (Lipinski definition) is 6. The van der Waals surface area contributed by atoms with Crippen LogP contribution < -0.4 is 10.6 Å². The Kier molecular flexibility index (Phi) is 7.12. The minimum Gasteiger partial charge on any atom is -0.444 e. The molecule has 0 bridgehead atoms. The lowest BCUT2D eigenvalue weighted by Gasteiger charge is -2.34. The first kappa shape index (κ1) is 20.6. The topological polar surface area (TPSA) is 74.9 Å². The molecule has 0 saturated carbocycles. The second-order valence-electron chi connectivity index (χ2n) is 7.00. The SMILES string of the molecule is CN=C(NCc1coc(-c2ccccc2)n1)NCC(c1cccs1)N1CCOCC1. The number of thiophene rings is 1. The molecular formula is C22H27N5O2S. The van der Waals surface area contributed by atoms with Crippen molar-refractivity contribution in [2.75, 3.05) is 39.9 Å². The molecule has 3 heterocycles. The highest BCUT2D eigenvalue weighted by Gasteiger charge is 2.23. The molecule has 0 amide bonds. The molecule has 0 radical (unpaired) electrons. The Hall–Kier alpha value is -2.68. The molecule has 1 atom stereocenters. The zero-order chi connectivity index (χ0) is 20.6. The fourth-order valence-electron chi connectivity index (χ4n) is 3.47. The third-order valence-electron chi connectivity index (χ3n) is 5.05. The standard InChI is InChI=1S/C22H27N5O2S/c1-23-22(24-14-18-16-29-21(26-18)17-6-3-2-4-7-17)25-15-19(20-8-5-13-30-20)27-9-11-28-12-10-27/h2-8,13,16,19H,9-12,14-15H2,1H3,(H2,23,24,25). The van der Waals surface area contributed by atoms with E-state index in [1.54, 1.807) is 24.6 Å². The lowest BCUT2D eigenvalue weighted by molar-refractivity contribution is 0.0177. The van der Waals surface area contributed by atoms with Gasteiger partial charge >= 0.3 is 0 Å². The van der Waals surface area contributed by atoms with Crippen LogP contribution in [0.5, 0.6) is 0 Å². The average Bonchev–Trinajstić information content (AvgIpc) is 3.50. The number of guanidine groups is 1. The Bertz CT molecular complexity index is 920. The number of nitrogens with zero attached hydrogens (tertiary/aromatic N) is 3. The normalized spacial score (nSPS) is 16.4. The summed E-state index contributed by atoms with van der Waals surface area (Å²) in [7, 11) is 1.78. The molecule has 30 heavy (non-hydrogen) atoms. The van der Waals surface area contributed by atoms with Crippen molar-refractivity contribution in [1.29, 1.82) is 0 Å². The van der Waals surface area contributed by atoms with Gasteiger partial charge in [0.05, 0.1) is 31.5 Å². The molecule has 1 fully saturated rings. The highest BCUT2D eigenvalue weighted by Crippen LogP contribution is 2.25. The van der Waals surface area contributed by atoms with E-state index in [-0.39, 0.29) is 0 Å². The summed E-state index contributed by atoms with van der Waals surface area (Å²) in [6.07, 6.45) is 1.69. The second-order valence-corrected chi connectivity index (χ2v) is 7.98. The monoisotopic (exact) mass is 425 g/mol. The van der Waals surface area contributed by atoms with Gasteiger partial charge in [0.2, 0.25) is 5.89 Å². The molecular weight excluding hydrogens is 398 g/mol. The maximum Gasteiger partial charge on any atom is 0.226 e. The summed E-state index contributed by atoms with van der Waals surface area (Å²) >= 11 is 1.79. The van der Waals surface area contributed by atoms with Crippen LogP contribution in [0.1, 0.15) is 16.6 Å². The van der Waals surface area contributed by atoms with Gasteiger partial charge in [-0.25, -0.2) is 4.98 Å². The number of ether oxygens (including phenoxy) is 1. The minimum absolute atomic E-state index is 0.296. The Morgan fingerprint density at radius 1 is 1.17 bits per heavy atom. The van der Waals surface area contributed by atoms with Crippen LogP contribution in [0.2, 0.25) is 0 Å². The highest BCUT2D eigenvalue weighted by atomic mass is 32.1. The van der Waals surface area contributed by atoms with Gasteiger partial charge in [-0.15, -0.1) is 11.3 Å². The van der Waals surface area contributed by atoms with Crippen LogP contribution in [-0.2, 0) is 11.3 Å². The van der Waals surface area contributed by atoms with E-state index < -0.39 is 0 Å². The Labute approximate surface area is 180 Å². The molecule has 2 N–H and O–H groups in total. The third-order valence-corrected chi connectivity index (χ3v) is 6.03. The van der Waals surface area contributed by atoms with Gasteiger partial charge in [0.15, 0.2) is 5.96 Å². The van der Waals surface area contributed by atoms with Gasteiger partial charge in [-0.3, -0.25) is 9.89 Å². The van der Waals surface area contributed by atoms with Gasteiger partial charge in [0.1, 0.15) is 6.26 Å². The molecule has 7 nitrogen and oxygen atoms in total. The van der Waals surface area contributed by atoms with E-state index in [1.165, 1.54) is 4.88 Å². The Balaban J connectivity index is 1.33. The maximum absolute atomic E-state index is 5.61. The fourth-order valence-corrected chi connectivity index (χ4v) is 4.33. The predicted molar refractivity (Wildman–Crippen MR) is 120 cm³/mol. The molecule has 0 spiro atoms. The van der Waals surface area contributed by atoms with Crippen molar-refractivity contribution in [2.24, 2.45) is 4.99 Å². The number of benzene rings is 1. The van der Waals surface area contributed by atoms with Gasteiger partial charge in [0.25, 0.3) is 0 Å². The van der Waals surface area contributed by atoms with Gasteiger partial charge in [-0.2, -0.15) is 0 Å². The summed E-state index contributed by atoms with van der Waals surface area (Å²) < 4.78 is 11.1. The van der Waals surface area contributed by atoms with E-state index in [0.29, 0.717) is 18.5 Å². The average molecular weight is 426 g/mol. The van der Waals surface area contributed by atoms with E-state index in [9.17, 15) is 0 Å². The molecule has 1 aromatic carbocycles. The van der Waals surface area contributed by atoms with Crippen LogP contribution in [-0.4, -0.2) is 55.7 Å². The fraction of sp³-hybridized carbons (Fsp3) is 0.364. The number of nitrogens with one attached hydrogen (secondary N) is 2. The van der Waals surface area contributed by atoms with Crippen molar-refractivity contribution in [3.05, 3.63) is 64.7 Å². The van der Waals surface area contributed by atoms with Gasteiger partial charge < -0.3 is 19.8 Å². The van der Waals surface area contributed by atoms with Crippen LogP contribution >= 0.6 is 11.3 Å². The lowest BCUT2D eigenvalue weighted by atomic mass is 10.2. The van der Waals surface area contributed by atoms with Gasteiger partial charge in [-0.05, 0) is 23.6 Å². The summed E-state index contributed by atoms with van der Waals surface area (Å²) in [5.74, 6) is 1.37. The zero-order valence-corrected chi connectivity index (χ0v) is 17.9. The number of hydrogen-bond donors (Lipinski definition) is 2. The van der Waals surface area contributed by atoms with Gasteiger partial charge in [-0.1, -0.05) is 24.3 Å². The number of rotatable bonds is 7. The number of morpholine rings is 1. The smallest absolute Gasteiger partial charge is 0.226 e. The predicted octanol–water partition coefficient (Wildman–Crippen LogP) is 3.14. The summed E-state index contributed by atoms with van der Waals surface area (Å²) in [5.41, 5.74) is 1.80. The maximum atomic E-state index is 5.61. The number of oxazole rings is 1. The summed E-state index contributed by atoms with van der Waals surface area (Å²) in [6, 6.07) is 14.5. The number of aliphatic imine (C=N–C) groups is 1. The van der Waals surface area contributed by atoms with Crippen LogP contribution in [0.4, 0.5) is 0 Å². The molecule has 158 valence electrons. The van der Waals surface area contributed by atoms with E-state index in [2.05, 4.69) is 43.0 Å². The molecule has 3 aromatic rings. The quantitative estimate of drug-likeness (QED) is 0.447. The third kappa shape index (κ3) is 5.27. The molecule has 4 rings (SSSR count). The van der Waals surface area contributed by atoms with Crippen molar-refractivity contribution in [3.63, 3.8) is 0 Å². The first-order valence-electron chi connectivity index (χ1n) is 10.1.